The SMILES string of the molecule is C=COCc1ccc(COC(=O)CC)cc1. The highest BCUT2D eigenvalue weighted by molar-refractivity contribution is 5.68. The summed E-state index contributed by atoms with van der Waals surface area (Å²) in [6.07, 6.45) is 1.82. The zero-order chi connectivity index (χ0) is 11.8. The quantitative estimate of drug-likeness (QED) is 0.546. The number of carbonyl (C=O) groups excluding carboxylic acids is 1. The fourth-order valence-corrected chi connectivity index (χ4v) is 1.15. The Bertz CT molecular complexity index is 341. The highest BCUT2D eigenvalue weighted by Gasteiger charge is 1.99. The van der Waals surface area contributed by atoms with Crippen molar-refractivity contribution in [2.45, 2.75) is 26.6 Å². The number of esters is 1. The van der Waals surface area contributed by atoms with Gasteiger partial charge in [-0.2, -0.15) is 0 Å². The summed E-state index contributed by atoms with van der Waals surface area (Å²) in [6, 6.07) is 7.73. The molecule has 0 N–H and O–H groups in total. The Hall–Kier alpha value is -1.77. The zero-order valence-electron chi connectivity index (χ0n) is 9.44. The van der Waals surface area contributed by atoms with Crippen LogP contribution < -0.4 is 0 Å². The number of ether oxygens (including phenoxy) is 2. The van der Waals surface area contributed by atoms with E-state index in [4.69, 9.17) is 9.47 Å². The van der Waals surface area contributed by atoms with Crippen molar-refractivity contribution < 1.29 is 14.3 Å². The van der Waals surface area contributed by atoms with Crippen LogP contribution in [0.25, 0.3) is 0 Å². The summed E-state index contributed by atoms with van der Waals surface area (Å²) in [5, 5.41) is 0. The Balaban J connectivity index is 2.44. The van der Waals surface area contributed by atoms with E-state index in [1.54, 1.807) is 6.92 Å². The van der Waals surface area contributed by atoms with Crippen LogP contribution in [0, 0.1) is 0 Å². The van der Waals surface area contributed by atoms with Gasteiger partial charge < -0.3 is 9.47 Å². The number of hydrogen-bond donors (Lipinski definition) is 0. The van der Waals surface area contributed by atoms with Crippen molar-refractivity contribution in [3.8, 4) is 0 Å². The smallest absolute Gasteiger partial charge is 0.305 e. The molecule has 1 aromatic carbocycles. The topological polar surface area (TPSA) is 35.5 Å². The number of rotatable bonds is 6. The normalized spacial score (nSPS) is 9.56. The van der Waals surface area contributed by atoms with Crippen LogP contribution >= 0.6 is 0 Å². The van der Waals surface area contributed by atoms with Crippen molar-refractivity contribution in [2.24, 2.45) is 0 Å². The van der Waals surface area contributed by atoms with Gasteiger partial charge in [0.15, 0.2) is 0 Å². The standard InChI is InChI=1S/C13H16O3/c1-3-13(14)16-10-12-7-5-11(6-8-12)9-15-4-2/h4-8H,2-3,9-10H2,1H3. The van der Waals surface area contributed by atoms with E-state index in [1.807, 2.05) is 24.3 Å². The van der Waals surface area contributed by atoms with Crippen molar-refractivity contribution in [3.63, 3.8) is 0 Å². The highest BCUT2D eigenvalue weighted by Crippen LogP contribution is 2.07. The third-order valence-electron chi connectivity index (χ3n) is 2.08. The Morgan fingerprint density at radius 1 is 1.25 bits per heavy atom. The number of hydrogen-bond acceptors (Lipinski definition) is 3. The van der Waals surface area contributed by atoms with E-state index in [1.165, 1.54) is 6.26 Å². The molecule has 0 heterocycles. The Morgan fingerprint density at radius 2 is 1.81 bits per heavy atom. The summed E-state index contributed by atoms with van der Waals surface area (Å²) in [6.45, 7) is 6.09. The molecule has 0 amide bonds. The van der Waals surface area contributed by atoms with Gasteiger partial charge in [0.1, 0.15) is 13.2 Å². The molecule has 0 aliphatic heterocycles. The van der Waals surface area contributed by atoms with Crippen molar-refractivity contribution in [3.05, 3.63) is 48.2 Å². The molecule has 0 fully saturated rings. The minimum atomic E-state index is -0.181. The monoisotopic (exact) mass is 220 g/mol. The lowest BCUT2D eigenvalue weighted by molar-refractivity contribution is -0.144. The minimum Gasteiger partial charge on any atom is -0.497 e. The molecule has 0 radical (unpaired) electrons. The van der Waals surface area contributed by atoms with Gasteiger partial charge in [0, 0.05) is 6.42 Å². The second kappa shape index (κ2) is 6.67. The van der Waals surface area contributed by atoms with Gasteiger partial charge >= 0.3 is 5.97 Å². The second-order valence-electron chi connectivity index (χ2n) is 3.31. The zero-order valence-corrected chi connectivity index (χ0v) is 9.44. The van der Waals surface area contributed by atoms with Crippen molar-refractivity contribution in [1.29, 1.82) is 0 Å². The van der Waals surface area contributed by atoms with E-state index in [0.717, 1.165) is 11.1 Å². The highest BCUT2D eigenvalue weighted by atomic mass is 16.5. The maximum atomic E-state index is 10.9. The fourth-order valence-electron chi connectivity index (χ4n) is 1.15. The van der Waals surface area contributed by atoms with Crippen LogP contribution in [0.15, 0.2) is 37.1 Å². The van der Waals surface area contributed by atoms with E-state index in [9.17, 15) is 4.79 Å². The third-order valence-corrected chi connectivity index (χ3v) is 2.08. The van der Waals surface area contributed by atoms with Gasteiger partial charge in [-0.15, -0.1) is 0 Å². The molecular formula is C13H16O3. The first-order valence-electron chi connectivity index (χ1n) is 5.22. The molecule has 1 rings (SSSR count). The summed E-state index contributed by atoms with van der Waals surface area (Å²) >= 11 is 0. The van der Waals surface area contributed by atoms with Crippen LogP contribution in [0.2, 0.25) is 0 Å². The third kappa shape index (κ3) is 4.17. The number of benzene rings is 1. The first kappa shape index (κ1) is 12.3. The molecule has 3 nitrogen and oxygen atoms in total. The van der Waals surface area contributed by atoms with E-state index in [2.05, 4.69) is 6.58 Å². The van der Waals surface area contributed by atoms with Crippen molar-refractivity contribution in [1.82, 2.24) is 0 Å². The molecule has 86 valence electrons. The van der Waals surface area contributed by atoms with Gasteiger partial charge in [0.05, 0.1) is 6.26 Å². The molecule has 0 saturated carbocycles. The Morgan fingerprint density at radius 3 is 2.31 bits per heavy atom. The van der Waals surface area contributed by atoms with Crippen LogP contribution in [0.5, 0.6) is 0 Å². The van der Waals surface area contributed by atoms with Crippen LogP contribution in [0.1, 0.15) is 24.5 Å². The van der Waals surface area contributed by atoms with Gasteiger partial charge in [-0.25, -0.2) is 0 Å². The van der Waals surface area contributed by atoms with E-state index in [0.29, 0.717) is 19.6 Å². The van der Waals surface area contributed by atoms with Crippen LogP contribution in [-0.4, -0.2) is 5.97 Å². The molecule has 16 heavy (non-hydrogen) atoms. The summed E-state index contributed by atoms with van der Waals surface area (Å²) < 4.78 is 10.1. The maximum absolute atomic E-state index is 10.9. The van der Waals surface area contributed by atoms with Gasteiger partial charge in [-0.3, -0.25) is 4.79 Å². The largest absolute Gasteiger partial charge is 0.497 e. The lowest BCUT2D eigenvalue weighted by Crippen LogP contribution is -2.02. The first-order valence-corrected chi connectivity index (χ1v) is 5.22. The van der Waals surface area contributed by atoms with Gasteiger partial charge in [0.25, 0.3) is 0 Å². The van der Waals surface area contributed by atoms with Crippen LogP contribution in [0.4, 0.5) is 0 Å². The van der Waals surface area contributed by atoms with E-state index in [-0.39, 0.29) is 5.97 Å². The van der Waals surface area contributed by atoms with Crippen molar-refractivity contribution >= 4 is 5.97 Å². The predicted molar refractivity (Wildman–Crippen MR) is 61.5 cm³/mol. The molecule has 0 aliphatic carbocycles. The molecule has 0 spiro atoms. The molecule has 0 bridgehead atoms. The summed E-state index contributed by atoms with van der Waals surface area (Å²) in [5.74, 6) is -0.181. The van der Waals surface area contributed by atoms with Gasteiger partial charge in [-0.05, 0) is 11.1 Å². The van der Waals surface area contributed by atoms with Crippen LogP contribution in [0.3, 0.4) is 0 Å². The molecule has 3 heteroatoms. The maximum Gasteiger partial charge on any atom is 0.305 e. The summed E-state index contributed by atoms with van der Waals surface area (Å²) in [5.41, 5.74) is 2.04. The number of carbonyl (C=O) groups is 1. The first-order chi connectivity index (χ1) is 7.76. The molecule has 1 aromatic rings. The Labute approximate surface area is 95.7 Å². The minimum absolute atomic E-state index is 0.181. The second-order valence-corrected chi connectivity index (χ2v) is 3.31. The average Bonchev–Trinajstić information content (AvgIpc) is 2.34. The molecule has 0 saturated heterocycles. The molecule has 0 aliphatic rings. The molecule has 0 atom stereocenters. The lowest BCUT2D eigenvalue weighted by atomic mass is 10.1. The lowest BCUT2D eigenvalue weighted by Gasteiger charge is -2.05. The van der Waals surface area contributed by atoms with Crippen LogP contribution in [-0.2, 0) is 27.5 Å². The van der Waals surface area contributed by atoms with Gasteiger partial charge in [0.2, 0.25) is 0 Å². The average molecular weight is 220 g/mol. The molecule has 0 aromatic heterocycles. The Kier molecular flexibility index (Phi) is 5.12. The van der Waals surface area contributed by atoms with E-state index < -0.39 is 0 Å². The fraction of sp³-hybridized carbons (Fsp3) is 0.308. The van der Waals surface area contributed by atoms with Crippen molar-refractivity contribution in [2.75, 3.05) is 0 Å². The van der Waals surface area contributed by atoms with E-state index >= 15 is 0 Å². The molecular weight excluding hydrogens is 204 g/mol. The predicted octanol–water partition coefficient (Wildman–Crippen LogP) is 2.80. The summed E-state index contributed by atoms with van der Waals surface area (Å²) in [7, 11) is 0. The van der Waals surface area contributed by atoms with Gasteiger partial charge in [-0.1, -0.05) is 37.8 Å². The summed E-state index contributed by atoms with van der Waals surface area (Å²) in [4.78, 5) is 10.9. The molecule has 0 unspecified atom stereocenters.